The molecule has 1 amide bonds. The van der Waals surface area contributed by atoms with Crippen molar-refractivity contribution in [3.05, 3.63) is 71.0 Å². The summed E-state index contributed by atoms with van der Waals surface area (Å²) in [6, 6.07) is 12.5. The molecule has 0 aromatic heterocycles. The molecule has 0 saturated heterocycles. The van der Waals surface area contributed by atoms with Crippen molar-refractivity contribution in [2.75, 3.05) is 5.32 Å². The predicted octanol–water partition coefficient (Wildman–Crippen LogP) is 4.06. The minimum Gasteiger partial charge on any atom is -0.449 e. The molecule has 0 aliphatic rings. The van der Waals surface area contributed by atoms with Crippen LogP contribution in [0.15, 0.2) is 54.6 Å². The maximum absolute atomic E-state index is 13.4. The zero-order valence-electron chi connectivity index (χ0n) is 12.8. The molecule has 0 radical (unpaired) electrons. The first kappa shape index (κ1) is 17.7. The van der Waals surface area contributed by atoms with Crippen LogP contribution in [0.2, 0.25) is 5.02 Å². The van der Waals surface area contributed by atoms with Gasteiger partial charge in [-0.15, -0.1) is 0 Å². The molecule has 2 aromatic rings. The number of amides is 1. The van der Waals surface area contributed by atoms with E-state index in [4.69, 9.17) is 16.3 Å². The highest BCUT2D eigenvalue weighted by Crippen LogP contribution is 2.14. The monoisotopic (exact) mass is 347 g/mol. The van der Waals surface area contributed by atoms with E-state index in [9.17, 15) is 14.0 Å². The molecule has 0 spiro atoms. The van der Waals surface area contributed by atoms with Gasteiger partial charge in [0.15, 0.2) is 6.10 Å². The lowest BCUT2D eigenvalue weighted by Gasteiger charge is -2.12. The number of esters is 1. The molecule has 0 aliphatic carbocycles. The number of ether oxygens (including phenoxy) is 1. The molecule has 124 valence electrons. The minimum absolute atomic E-state index is 0.257. The standard InChI is InChI=1S/C18H15ClFNO3/c1-12(18(23)21-15-9-7-14(19)8-10-15)24-17(22)11-6-13-4-2-3-5-16(13)20/h2-12H,1H3,(H,21,23)/b11-6+. The number of rotatable bonds is 5. The summed E-state index contributed by atoms with van der Waals surface area (Å²) in [4.78, 5) is 23.7. The highest BCUT2D eigenvalue weighted by atomic mass is 35.5. The van der Waals surface area contributed by atoms with E-state index in [1.807, 2.05) is 0 Å². The molecule has 6 heteroatoms. The Morgan fingerprint density at radius 3 is 2.50 bits per heavy atom. The summed E-state index contributed by atoms with van der Waals surface area (Å²) in [5.74, 6) is -1.67. The molecule has 1 atom stereocenters. The van der Waals surface area contributed by atoms with Gasteiger partial charge in [-0.2, -0.15) is 0 Å². The summed E-state index contributed by atoms with van der Waals surface area (Å²) in [5.41, 5.74) is 0.793. The van der Waals surface area contributed by atoms with E-state index < -0.39 is 23.8 Å². The molecular weight excluding hydrogens is 333 g/mol. The van der Waals surface area contributed by atoms with Crippen molar-refractivity contribution < 1.29 is 18.7 Å². The van der Waals surface area contributed by atoms with Crippen molar-refractivity contribution in [1.82, 2.24) is 0 Å². The van der Waals surface area contributed by atoms with Crippen LogP contribution in [-0.2, 0) is 14.3 Å². The lowest BCUT2D eigenvalue weighted by Crippen LogP contribution is -2.29. The third kappa shape index (κ3) is 5.21. The second kappa shape index (κ2) is 8.26. The summed E-state index contributed by atoms with van der Waals surface area (Å²) >= 11 is 5.76. The van der Waals surface area contributed by atoms with Crippen LogP contribution >= 0.6 is 11.6 Å². The second-order valence-electron chi connectivity index (χ2n) is 4.93. The third-order valence-corrected chi connectivity index (χ3v) is 3.33. The molecule has 2 rings (SSSR count). The Labute approximate surface area is 143 Å². The van der Waals surface area contributed by atoms with E-state index in [1.165, 1.54) is 25.1 Å². The zero-order valence-corrected chi connectivity index (χ0v) is 13.6. The number of anilines is 1. The van der Waals surface area contributed by atoms with E-state index in [0.29, 0.717) is 10.7 Å². The predicted molar refractivity (Wildman–Crippen MR) is 91.1 cm³/mol. The number of hydrogen-bond donors (Lipinski definition) is 1. The number of benzene rings is 2. The third-order valence-electron chi connectivity index (χ3n) is 3.08. The van der Waals surface area contributed by atoms with Gasteiger partial charge in [-0.1, -0.05) is 29.8 Å². The average molecular weight is 348 g/mol. The van der Waals surface area contributed by atoms with Gasteiger partial charge in [0.05, 0.1) is 0 Å². The maximum Gasteiger partial charge on any atom is 0.331 e. The van der Waals surface area contributed by atoms with Crippen molar-refractivity contribution in [2.45, 2.75) is 13.0 Å². The average Bonchev–Trinajstić information content (AvgIpc) is 2.56. The molecule has 0 heterocycles. The fourth-order valence-corrected chi connectivity index (χ4v) is 1.94. The molecule has 0 fully saturated rings. The van der Waals surface area contributed by atoms with E-state index >= 15 is 0 Å². The van der Waals surface area contributed by atoms with Crippen molar-refractivity contribution in [3.8, 4) is 0 Å². The van der Waals surface area contributed by atoms with Gasteiger partial charge < -0.3 is 10.1 Å². The SMILES string of the molecule is CC(OC(=O)/C=C/c1ccccc1F)C(=O)Nc1ccc(Cl)cc1. The van der Waals surface area contributed by atoms with Crippen molar-refractivity contribution in [2.24, 2.45) is 0 Å². The van der Waals surface area contributed by atoms with Crippen molar-refractivity contribution in [1.29, 1.82) is 0 Å². The van der Waals surface area contributed by atoms with E-state index in [1.54, 1.807) is 36.4 Å². The van der Waals surface area contributed by atoms with Crippen LogP contribution < -0.4 is 5.32 Å². The van der Waals surface area contributed by atoms with E-state index in [2.05, 4.69) is 5.32 Å². The minimum atomic E-state index is -1.00. The maximum atomic E-state index is 13.4. The van der Waals surface area contributed by atoms with Gasteiger partial charge in [-0.05, 0) is 43.3 Å². The van der Waals surface area contributed by atoms with Gasteiger partial charge in [0.1, 0.15) is 5.82 Å². The molecule has 4 nitrogen and oxygen atoms in total. The van der Waals surface area contributed by atoms with E-state index in [-0.39, 0.29) is 5.56 Å². The number of hydrogen-bond acceptors (Lipinski definition) is 3. The first-order valence-electron chi connectivity index (χ1n) is 7.15. The Balaban J connectivity index is 1.90. The molecule has 0 aliphatic heterocycles. The summed E-state index contributed by atoms with van der Waals surface area (Å²) < 4.78 is 18.4. The first-order chi connectivity index (χ1) is 11.5. The highest BCUT2D eigenvalue weighted by molar-refractivity contribution is 6.30. The zero-order chi connectivity index (χ0) is 17.5. The summed E-state index contributed by atoms with van der Waals surface area (Å²) in [6.07, 6.45) is 1.37. The molecule has 0 saturated carbocycles. The summed E-state index contributed by atoms with van der Waals surface area (Å²) in [7, 11) is 0. The summed E-state index contributed by atoms with van der Waals surface area (Å²) in [6.45, 7) is 1.44. The second-order valence-corrected chi connectivity index (χ2v) is 5.37. The van der Waals surface area contributed by atoms with Gasteiger partial charge >= 0.3 is 5.97 Å². The Morgan fingerprint density at radius 2 is 1.83 bits per heavy atom. The number of nitrogens with one attached hydrogen (secondary N) is 1. The van der Waals surface area contributed by atoms with Crippen LogP contribution in [0.5, 0.6) is 0 Å². The fraction of sp³-hybridized carbons (Fsp3) is 0.111. The number of carbonyl (C=O) groups is 2. The molecular formula is C18H15ClFNO3. The highest BCUT2D eigenvalue weighted by Gasteiger charge is 2.16. The van der Waals surface area contributed by atoms with Crippen LogP contribution in [0.25, 0.3) is 6.08 Å². The Bertz CT molecular complexity index is 759. The molecule has 0 bridgehead atoms. The first-order valence-corrected chi connectivity index (χ1v) is 7.53. The van der Waals surface area contributed by atoms with Gasteiger partial charge in [0, 0.05) is 22.3 Å². The number of halogens is 2. The Hall–Kier alpha value is -2.66. The normalized spacial score (nSPS) is 12.0. The lowest BCUT2D eigenvalue weighted by atomic mass is 10.2. The molecule has 1 N–H and O–H groups in total. The van der Waals surface area contributed by atoms with Gasteiger partial charge in [-0.25, -0.2) is 9.18 Å². The molecule has 24 heavy (non-hydrogen) atoms. The fourth-order valence-electron chi connectivity index (χ4n) is 1.81. The van der Waals surface area contributed by atoms with Crippen LogP contribution in [-0.4, -0.2) is 18.0 Å². The van der Waals surface area contributed by atoms with Gasteiger partial charge in [-0.3, -0.25) is 4.79 Å². The van der Waals surface area contributed by atoms with Gasteiger partial charge in [0.2, 0.25) is 0 Å². The Morgan fingerprint density at radius 1 is 1.17 bits per heavy atom. The number of carbonyl (C=O) groups excluding carboxylic acids is 2. The topological polar surface area (TPSA) is 55.4 Å². The quantitative estimate of drug-likeness (QED) is 0.655. The van der Waals surface area contributed by atoms with Gasteiger partial charge in [0.25, 0.3) is 5.91 Å². The lowest BCUT2D eigenvalue weighted by molar-refractivity contribution is -0.148. The summed E-state index contributed by atoms with van der Waals surface area (Å²) in [5, 5.41) is 3.15. The largest absolute Gasteiger partial charge is 0.449 e. The van der Waals surface area contributed by atoms with Crippen LogP contribution in [0.3, 0.4) is 0 Å². The molecule has 1 unspecified atom stereocenters. The molecule has 2 aromatic carbocycles. The Kier molecular flexibility index (Phi) is 6.09. The smallest absolute Gasteiger partial charge is 0.331 e. The van der Waals surface area contributed by atoms with Crippen LogP contribution in [0.4, 0.5) is 10.1 Å². The van der Waals surface area contributed by atoms with Crippen molar-refractivity contribution in [3.63, 3.8) is 0 Å². The van der Waals surface area contributed by atoms with Crippen molar-refractivity contribution >= 4 is 35.2 Å². The van der Waals surface area contributed by atoms with Crippen LogP contribution in [0.1, 0.15) is 12.5 Å². The van der Waals surface area contributed by atoms with Crippen LogP contribution in [0, 0.1) is 5.82 Å². The van der Waals surface area contributed by atoms with E-state index in [0.717, 1.165) is 6.08 Å².